The maximum absolute atomic E-state index is 6.79. The van der Waals surface area contributed by atoms with Gasteiger partial charge in [0.1, 0.15) is 5.58 Å². The minimum atomic E-state index is 0.851. The third kappa shape index (κ3) is 5.71. The third-order valence-corrected chi connectivity index (χ3v) is 9.46. The van der Waals surface area contributed by atoms with Crippen LogP contribution in [0.15, 0.2) is 211 Å². The van der Waals surface area contributed by atoms with Gasteiger partial charge in [-0.3, -0.25) is 0 Å². The van der Waals surface area contributed by atoms with E-state index in [2.05, 4.69) is 210 Å². The molecule has 9 aromatic rings. The van der Waals surface area contributed by atoms with E-state index in [1.807, 2.05) is 6.07 Å². The van der Waals surface area contributed by atoms with Crippen LogP contribution in [0.2, 0.25) is 0 Å². The highest BCUT2D eigenvalue weighted by molar-refractivity contribution is 6.13. The van der Waals surface area contributed by atoms with Crippen LogP contribution in [0.1, 0.15) is 0 Å². The van der Waals surface area contributed by atoms with E-state index in [9.17, 15) is 0 Å². The number of nitrogens with zero attached hydrogens (tertiary/aromatic N) is 2. The van der Waals surface area contributed by atoms with Gasteiger partial charge in [-0.2, -0.15) is 0 Å². The highest BCUT2D eigenvalue weighted by atomic mass is 16.3. The van der Waals surface area contributed by atoms with Crippen LogP contribution in [0.5, 0.6) is 0 Å². The summed E-state index contributed by atoms with van der Waals surface area (Å²) in [5, 5.41) is 2.19. The predicted molar refractivity (Wildman–Crippen MR) is 214 cm³/mol. The van der Waals surface area contributed by atoms with Crippen molar-refractivity contribution in [2.75, 3.05) is 9.80 Å². The zero-order chi connectivity index (χ0) is 34.0. The van der Waals surface area contributed by atoms with Crippen LogP contribution in [0.4, 0.5) is 34.1 Å². The van der Waals surface area contributed by atoms with Crippen LogP contribution in [-0.2, 0) is 0 Å². The van der Waals surface area contributed by atoms with Gasteiger partial charge in [-0.15, -0.1) is 0 Å². The topological polar surface area (TPSA) is 19.6 Å². The standard InChI is InChI=1S/C48H34N2O/c1-5-15-35(16-6-1)36-25-29-42(30-26-36)50(40-21-11-4-12-22-40)47-43(33-34-45-44-23-13-14-24-46(44)51-48(45)47)37-27-31-41(32-28-37)49(38-17-7-2-8-18-38)39-19-9-3-10-20-39/h1-34H. The van der Waals surface area contributed by atoms with Crippen LogP contribution < -0.4 is 9.80 Å². The molecule has 0 bridgehead atoms. The first kappa shape index (κ1) is 30.2. The molecule has 0 amide bonds. The van der Waals surface area contributed by atoms with Gasteiger partial charge in [0.15, 0.2) is 5.58 Å². The zero-order valence-electron chi connectivity index (χ0n) is 27.9. The number of hydrogen-bond donors (Lipinski definition) is 0. The van der Waals surface area contributed by atoms with Gasteiger partial charge in [0, 0.05) is 44.8 Å². The van der Waals surface area contributed by atoms with Gasteiger partial charge < -0.3 is 14.2 Å². The summed E-state index contributed by atoms with van der Waals surface area (Å²) >= 11 is 0. The Kier molecular flexibility index (Phi) is 7.84. The smallest absolute Gasteiger partial charge is 0.160 e. The number of fused-ring (bicyclic) bond motifs is 3. The molecule has 1 aromatic heterocycles. The lowest BCUT2D eigenvalue weighted by Crippen LogP contribution is -2.12. The molecule has 0 spiro atoms. The SMILES string of the molecule is c1ccc(-c2ccc(N(c3ccccc3)c3c(-c4ccc(N(c5ccccc5)c5ccccc5)cc4)ccc4c3oc3ccccc34)cc2)cc1. The van der Waals surface area contributed by atoms with Gasteiger partial charge >= 0.3 is 0 Å². The van der Waals surface area contributed by atoms with Crippen molar-refractivity contribution >= 4 is 56.1 Å². The third-order valence-electron chi connectivity index (χ3n) is 9.46. The second-order valence-electron chi connectivity index (χ2n) is 12.6. The minimum absolute atomic E-state index is 0.851. The van der Waals surface area contributed by atoms with Crippen LogP contribution in [0.25, 0.3) is 44.2 Å². The molecule has 0 aliphatic rings. The molecule has 0 N–H and O–H groups in total. The Morgan fingerprint density at radius 1 is 0.294 bits per heavy atom. The normalized spacial score (nSPS) is 11.1. The molecule has 0 atom stereocenters. The number of furan rings is 1. The first-order valence-corrected chi connectivity index (χ1v) is 17.3. The average molecular weight is 655 g/mol. The summed E-state index contributed by atoms with van der Waals surface area (Å²) in [5.74, 6) is 0. The highest BCUT2D eigenvalue weighted by Crippen LogP contribution is 2.48. The molecule has 1 heterocycles. The van der Waals surface area contributed by atoms with Crippen molar-refractivity contribution in [2.24, 2.45) is 0 Å². The van der Waals surface area contributed by atoms with E-state index in [4.69, 9.17) is 4.42 Å². The van der Waals surface area contributed by atoms with Crippen molar-refractivity contribution in [3.05, 3.63) is 206 Å². The predicted octanol–water partition coefficient (Wildman–Crippen LogP) is 13.9. The Balaban J connectivity index is 1.24. The molecule has 0 unspecified atom stereocenters. The lowest BCUT2D eigenvalue weighted by atomic mass is 9.98. The lowest BCUT2D eigenvalue weighted by molar-refractivity contribution is 0.669. The van der Waals surface area contributed by atoms with E-state index in [0.29, 0.717) is 0 Å². The quantitative estimate of drug-likeness (QED) is 0.163. The summed E-state index contributed by atoms with van der Waals surface area (Å²) in [4.78, 5) is 4.63. The van der Waals surface area contributed by atoms with Gasteiger partial charge in [-0.1, -0.05) is 133 Å². The van der Waals surface area contributed by atoms with Gasteiger partial charge in [0.25, 0.3) is 0 Å². The Bertz CT molecular complexity index is 2510. The fourth-order valence-electron chi connectivity index (χ4n) is 7.04. The van der Waals surface area contributed by atoms with Gasteiger partial charge in [0.05, 0.1) is 5.69 Å². The molecule has 242 valence electrons. The monoisotopic (exact) mass is 654 g/mol. The number of para-hydroxylation sites is 4. The fraction of sp³-hybridized carbons (Fsp3) is 0. The largest absolute Gasteiger partial charge is 0.454 e. The van der Waals surface area contributed by atoms with Crippen LogP contribution in [-0.4, -0.2) is 0 Å². The molecular formula is C48H34N2O. The molecule has 8 aromatic carbocycles. The molecule has 3 heteroatoms. The Labute approximate surface area is 297 Å². The first-order chi connectivity index (χ1) is 25.3. The molecule has 3 nitrogen and oxygen atoms in total. The molecular weight excluding hydrogens is 621 g/mol. The lowest BCUT2D eigenvalue weighted by Gasteiger charge is -2.28. The fourth-order valence-corrected chi connectivity index (χ4v) is 7.04. The number of benzene rings is 8. The van der Waals surface area contributed by atoms with Gasteiger partial charge in [0.2, 0.25) is 0 Å². The van der Waals surface area contributed by atoms with Crippen molar-refractivity contribution in [1.82, 2.24) is 0 Å². The summed E-state index contributed by atoms with van der Waals surface area (Å²) in [7, 11) is 0. The molecule has 0 radical (unpaired) electrons. The van der Waals surface area contributed by atoms with Gasteiger partial charge in [-0.05, 0) is 89.5 Å². The summed E-state index contributed by atoms with van der Waals surface area (Å²) in [6.07, 6.45) is 0. The molecule has 0 saturated heterocycles. The Morgan fingerprint density at radius 2 is 0.725 bits per heavy atom. The summed E-state index contributed by atoms with van der Waals surface area (Å²) in [5.41, 5.74) is 12.7. The van der Waals surface area contributed by atoms with Crippen molar-refractivity contribution in [3.63, 3.8) is 0 Å². The van der Waals surface area contributed by atoms with Gasteiger partial charge in [-0.25, -0.2) is 0 Å². The minimum Gasteiger partial charge on any atom is -0.454 e. The second-order valence-corrected chi connectivity index (χ2v) is 12.6. The molecule has 0 aliphatic carbocycles. The van der Waals surface area contributed by atoms with E-state index in [1.54, 1.807) is 0 Å². The van der Waals surface area contributed by atoms with E-state index in [-0.39, 0.29) is 0 Å². The molecule has 0 aliphatic heterocycles. The van der Waals surface area contributed by atoms with Crippen molar-refractivity contribution < 1.29 is 4.42 Å². The van der Waals surface area contributed by atoms with E-state index < -0.39 is 0 Å². The number of anilines is 6. The molecule has 0 fully saturated rings. The van der Waals surface area contributed by atoms with Crippen molar-refractivity contribution in [1.29, 1.82) is 0 Å². The van der Waals surface area contributed by atoms with Crippen LogP contribution >= 0.6 is 0 Å². The van der Waals surface area contributed by atoms with E-state index in [1.165, 1.54) is 11.1 Å². The average Bonchev–Trinajstić information content (AvgIpc) is 3.59. The second kappa shape index (κ2) is 13.2. The zero-order valence-corrected chi connectivity index (χ0v) is 27.9. The summed E-state index contributed by atoms with van der Waals surface area (Å²) in [6.45, 7) is 0. The Hall–Kier alpha value is -6.84. The maximum Gasteiger partial charge on any atom is 0.160 e. The number of rotatable bonds is 8. The molecule has 0 saturated carbocycles. The molecule has 9 rings (SSSR count). The number of hydrogen-bond acceptors (Lipinski definition) is 3. The first-order valence-electron chi connectivity index (χ1n) is 17.3. The van der Waals surface area contributed by atoms with E-state index in [0.717, 1.165) is 67.2 Å². The highest BCUT2D eigenvalue weighted by Gasteiger charge is 2.24. The summed E-state index contributed by atoms with van der Waals surface area (Å²) in [6, 6.07) is 72.6. The van der Waals surface area contributed by atoms with Crippen LogP contribution in [0.3, 0.4) is 0 Å². The van der Waals surface area contributed by atoms with E-state index >= 15 is 0 Å². The van der Waals surface area contributed by atoms with Crippen molar-refractivity contribution in [3.8, 4) is 22.3 Å². The molecule has 51 heavy (non-hydrogen) atoms. The summed E-state index contributed by atoms with van der Waals surface area (Å²) < 4.78 is 6.79. The van der Waals surface area contributed by atoms with Crippen molar-refractivity contribution in [2.45, 2.75) is 0 Å². The maximum atomic E-state index is 6.79. The van der Waals surface area contributed by atoms with Crippen LogP contribution in [0, 0.1) is 0 Å². The Morgan fingerprint density at radius 3 is 1.31 bits per heavy atom.